The number of piperazine rings is 1. The molecule has 3 heterocycles. The van der Waals surface area contributed by atoms with Gasteiger partial charge in [0.1, 0.15) is 6.54 Å². The molecule has 1 N–H and O–H groups in total. The summed E-state index contributed by atoms with van der Waals surface area (Å²) in [6.07, 6.45) is 1.07. The number of amides is 1. The third-order valence-corrected chi connectivity index (χ3v) is 5.31. The van der Waals surface area contributed by atoms with E-state index in [1.54, 1.807) is 4.68 Å². The van der Waals surface area contributed by atoms with Gasteiger partial charge in [-0.2, -0.15) is 5.10 Å². The van der Waals surface area contributed by atoms with Gasteiger partial charge in [-0.3, -0.25) is 14.4 Å². The van der Waals surface area contributed by atoms with Gasteiger partial charge < -0.3 is 10.2 Å². The zero-order valence-corrected chi connectivity index (χ0v) is 15.3. The van der Waals surface area contributed by atoms with Gasteiger partial charge in [-0.25, -0.2) is 0 Å². The van der Waals surface area contributed by atoms with Crippen molar-refractivity contribution >= 4 is 29.9 Å². The molecule has 1 unspecified atom stereocenters. The van der Waals surface area contributed by atoms with Crippen molar-refractivity contribution in [3.8, 4) is 0 Å². The highest BCUT2D eigenvalue weighted by molar-refractivity contribution is 6.31. The lowest BCUT2D eigenvalue weighted by molar-refractivity contribution is -0.131. The van der Waals surface area contributed by atoms with Crippen molar-refractivity contribution in [2.75, 3.05) is 39.3 Å². The first-order valence-corrected chi connectivity index (χ1v) is 8.36. The van der Waals surface area contributed by atoms with Crippen LogP contribution in [-0.2, 0) is 11.3 Å². The SMILES string of the molecule is Cc1nn(CC(=O)N2CCC(N3CCNCC3)C2)c(C)c1Cl.Cl. The normalized spacial score (nSPS) is 22.2. The Bertz CT molecular complexity index is 556. The number of aryl methyl sites for hydroxylation is 1. The number of rotatable bonds is 3. The predicted molar refractivity (Wildman–Crippen MR) is 93.4 cm³/mol. The van der Waals surface area contributed by atoms with Crippen molar-refractivity contribution in [3.63, 3.8) is 0 Å². The number of nitrogens with one attached hydrogen (secondary N) is 1. The van der Waals surface area contributed by atoms with E-state index < -0.39 is 0 Å². The Morgan fingerprint density at radius 3 is 2.61 bits per heavy atom. The molecule has 130 valence electrons. The van der Waals surface area contributed by atoms with Crippen LogP contribution in [0.5, 0.6) is 0 Å². The summed E-state index contributed by atoms with van der Waals surface area (Å²) in [5.74, 6) is 0.139. The van der Waals surface area contributed by atoms with Crippen LogP contribution in [0.1, 0.15) is 17.8 Å². The molecular formula is C15H25Cl2N5O. The van der Waals surface area contributed by atoms with Crippen LogP contribution in [0.15, 0.2) is 0 Å². The van der Waals surface area contributed by atoms with E-state index in [4.69, 9.17) is 11.6 Å². The molecule has 2 aliphatic heterocycles. The number of likely N-dealkylation sites (tertiary alicyclic amines) is 1. The van der Waals surface area contributed by atoms with Crippen LogP contribution in [0.4, 0.5) is 0 Å². The average molecular weight is 362 g/mol. The second-order valence-corrected chi connectivity index (χ2v) is 6.59. The summed E-state index contributed by atoms with van der Waals surface area (Å²) in [4.78, 5) is 17.0. The van der Waals surface area contributed by atoms with Crippen molar-refractivity contribution in [1.82, 2.24) is 24.9 Å². The fraction of sp³-hybridized carbons (Fsp3) is 0.733. The Morgan fingerprint density at radius 2 is 2.00 bits per heavy atom. The smallest absolute Gasteiger partial charge is 0.244 e. The van der Waals surface area contributed by atoms with Crippen molar-refractivity contribution < 1.29 is 4.79 Å². The number of carbonyl (C=O) groups is 1. The largest absolute Gasteiger partial charge is 0.339 e. The molecule has 2 saturated heterocycles. The lowest BCUT2D eigenvalue weighted by atomic mass is 10.2. The zero-order chi connectivity index (χ0) is 15.7. The molecule has 0 aliphatic carbocycles. The molecule has 1 aromatic heterocycles. The minimum Gasteiger partial charge on any atom is -0.339 e. The van der Waals surface area contributed by atoms with Crippen LogP contribution >= 0.6 is 24.0 Å². The summed E-state index contributed by atoms with van der Waals surface area (Å²) in [7, 11) is 0. The number of carbonyl (C=O) groups excluding carboxylic acids is 1. The molecule has 1 atom stereocenters. The van der Waals surface area contributed by atoms with Crippen LogP contribution in [-0.4, -0.2) is 70.8 Å². The van der Waals surface area contributed by atoms with E-state index in [0.717, 1.165) is 57.1 Å². The molecule has 2 fully saturated rings. The minimum absolute atomic E-state index is 0. The van der Waals surface area contributed by atoms with Gasteiger partial charge in [0.05, 0.1) is 16.4 Å². The standard InChI is InChI=1S/C15H24ClN5O.ClH/c1-11-15(16)12(2)21(18-11)10-14(22)20-6-3-13(9-20)19-7-4-17-5-8-19;/h13,17H,3-10H2,1-2H3;1H. The highest BCUT2D eigenvalue weighted by Gasteiger charge is 2.31. The minimum atomic E-state index is 0. The average Bonchev–Trinajstić information content (AvgIpc) is 3.11. The van der Waals surface area contributed by atoms with E-state index in [1.165, 1.54) is 0 Å². The Morgan fingerprint density at radius 1 is 1.30 bits per heavy atom. The Balaban J connectivity index is 0.00000192. The van der Waals surface area contributed by atoms with E-state index in [-0.39, 0.29) is 24.9 Å². The van der Waals surface area contributed by atoms with Crippen LogP contribution in [0.3, 0.4) is 0 Å². The zero-order valence-electron chi connectivity index (χ0n) is 13.7. The van der Waals surface area contributed by atoms with Crippen LogP contribution in [0, 0.1) is 13.8 Å². The summed E-state index contributed by atoms with van der Waals surface area (Å²) >= 11 is 6.15. The van der Waals surface area contributed by atoms with Gasteiger partial charge in [-0.05, 0) is 20.3 Å². The lowest BCUT2D eigenvalue weighted by Crippen LogP contribution is -2.49. The van der Waals surface area contributed by atoms with Gasteiger partial charge >= 0.3 is 0 Å². The molecule has 8 heteroatoms. The van der Waals surface area contributed by atoms with Gasteiger partial charge in [0.15, 0.2) is 0 Å². The molecule has 0 saturated carbocycles. The van der Waals surface area contributed by atoms with Crippen molar-refractivity contribution in [2.45, 2.75) is 32.9 Å². The maximum absolute atomic E-state index is 12.5. The third-order valence-electron chi connectivity index (χ3n) is 4.76. The topological polar surface area (TPSA) is 53.4 Å². The monoisotopic (exact) mass is 361 g/mol. The first kappa shape index (κ1) is 18.5. The van der Waals surface area contributed by atoms with E-state index in [9.17, 15) is 4.79 Å². The molecule has 1 amide bonds. The molecule has 0 spiro atoms. The number of hydrogen-bond acceptors (Lipinski definition) is 4. The van der Waals surface area contributed by atoms with Gasteiger partial charge in [0, 0.05) is 45.3 Å². The Kier molecular flexibility index (Phi) is 6.31. The molecule has 0 radical (unpaired) electrons. The van der Waals surface area contributed by atoms with Crippen LogP contribution in [0.25, 0.3) is 0 Å². The van der Waals surface area contributed by atoms with Crippen molar-refractivity contribution in [1.29, 1.82) is 0 Å². The fourth-order valence-corrected chi connectivity index (χ4v) is 3.51. The third kappa shape index (κ3) is 3.99. The van der Waals surface area contributed by atoms with E-state index >= 15 is 0 Å². The number of halogens is 2. The van der Waals surface area contributed by atoms with E-state index in [0.29, 0.717) is 11.1 Å². The molecule has 0 aromatic carbocycles. The number of nitrogens with zero attached hydrogens (tertiary/aromatic N) is 4. The Labute approximate surface area is 148 Å². The van der Waals surface area contributed by atoms with E-state index in [2.05, 4.69) is 15.3 Å². The second-order valence-electron chi connectivity index (χ2n) is 6.21. The van der Waals surface area contributed by atoms with Gasteiger partial charge in [0.2, 0.25) is 5.91 Å². The molecule has 2 aliphatic rings. The molecule has 0 bridgehead atoms. The molecular weight excluding hydrogens is 337 g/mol. The first-order valence-electron chi connectivity index (χ1n) is 7.98. The van der Waals surface area contributed by atoms with E-state index in [1.807, 2.05) is 18.7 Å². The van der Waals surface area contributed by atoms with Crippen molar-refractivity contribution in [3.05, 3.63) is 16.4 Å². The fourth-order valence-electron chi connectivity index (χ4n) is 3.37. The van der Waals surface area contributed by atoms with Crippen LogP contribution < -0.4 is 5.32 Å². The molecule has 23 heavy (non-hydrogen) atoms. The lowest BCUT2D eigenvalue weighted by Gasteiger charge is -2.32. The first-order chi connectivity index (χ1) is 10.6. The molecule has 3 rings (SSSR count). The number of hydrogen-bond donors (Lipinski definition) is 1. The quantitative estimate of drug-likeness (QED) is 0.875. The summed E-state index contributed by atoms with van der Waals surface area (Å²) in [5, 5.41) is 8.38. The van der Waals surface area contributed by atoms with Crippen LogP contribution in [0.2, 0.25) is 5.02 Å². The Hall–Kier alpha value is -0.820. The van der Waals surface area contributed by atoms with Crippen molar-refractivity contribution in [2.24, 2.45) is 0 Å². The van der Waals surface area contributed by atoms with Gasteiger partial charge in [-0.1, -0.05) is 11.6 Å². The predicted octanol–water partition coefficient (Wildman–Crippen LogP) is 1.08. The van der Waals surface area contributed by atoms with Gasteiger partial charge in [-0.15, -0.1) is 12.4 Å². The van der Waals surface area contributed by atoms with Gasteiger partial charge in [0.25, 0.3) is 0 Å². The number of aromatic nitrogens is 2. The summed E-state index contributed by atoms with van der Waals surface area (Å²) in [6, 6.07) is 0.509. The summed E-state index contributed by atoms with van der Waals surface area (Å²) in [5.41, 5.74) is 1.65. The highest BCUT2D eigenvalue weighted by Crippen LogP contribution is 2.20. The summed E-state index contributed by atoms with van der Waals surface area (Å²) in [6.45, 7) is 10.0. The molecule has 1 aromatic rings. The highest BCUT2D eigenvalue weighted by atomic mass is 35.5. The molecule has 6 nitrogen and oxygen atoms in total. The second kappa shape index (κ2) is 7.83. The maximum Gasteiger partial charge on any atom is 0.244 e. The maximum atomic E-state index is 12.5. The summed E-state index contributed by atoms with van der Waals surface area (Å²) < 4.78 is 1.72.